The lowest BCUT2D eigenvalue weighted by atomic mass is 9.88. The first kappa shape index (κ1) is 60.6. The van der Waals surface area contributed by atoms with E-state index in [1.807, 2.05) is 0 Å². The molecule has 0 radical (unpaired) electrons. The van der Waals surface area contributed by atoms with Crippen LogP contribution in [0.15, 0.2) is 0 Å². The van der Waals surface area contributed by atoms with Crippen LogP contribution in [0.4, 0.5) is 149 Å². The molecular formula is C26H17F34NO3. The number of ether oxygens (including phenoxy) is 1. The van der Waals surface area contributed by atoms with Gasteiger partial charge in [0.05, 0.1) is 13.5 Å². The van der Waals surface area contributed by atoms with Crippen molar-refractivity contribution in [2.75, 3.05) is 20.2 Å². The topological polar surface area (TPSA) is 46.6 Å². The molecule has 0 fully saturated rings. The fourth-order valence-corrected chi connectivity index (χ4v) is 4.31. The van der Waals surface area contributed by atoms with E-state index < -0.39 is 157 Å². The van der Waals surface area contributed by atoms with Crippen molar-refractivity contribution >= 4 is 11.9 Å². The van der Waals surface area contributed by atoms with E-state index in [0.717, 1.165) is 0 Å². The van der Waals surface area contributed by atoms with E-state index in [9.17, 15) is 159 Å². The Morgan fingerprint density at radius 3 is 0.859 bits per heavy atom. The minimum Gasteiger partial charge on any atom is -0.469 e. The highest BCUT2D eigenvalue weighted by atomic mass is 19.4. The van der Waals surface area contributed by atoms with E-state index in [-0.39, 0.29) is 0 Å². The third-order valence-corrected chi connectivity index (χ3v) is 8.31. The average molecular weight is 1040 g/mol. The Bertz CT molecular complexity index is 1640. The fraction of sp³-hybridized carbons (Fsp3) is 0.923. The van der Waals surface area contributed by atoms with Gasteiger partial charge in [-0.25, -0.2) is 0 Å². The first-order valence-corrected chi connectivity index (χ1v) is 15.2. The number of carbonyl (C=O) groups excluding carboxylic acids is 2. The lowest BCUT2D eigenvalue weighted by Crippen LogP contribution is -2.74. The molecule has 382 valence electrons. The monoisotopic (exact) mass is 1040 g/mol. The van der Waals surface area contributed by atoms with Crippen LogP contribution in [0, 0.1) is 0 Å². The Morgan fingerprint density at radius 1 is 0.344 bits per heavy atom. The van der Waals surface area contributed by atoms with Gasteiger partial charge >= 0.3 is 101 Å². The molecule has 0 saturated heterocycles. The standard InChI is InChI=1S/C26H17F34NO3/c1-64-10(63)4-8-61(7-2-5-11(27,28)13(31,32)15(35,36)17(39,40)19(43,44)21(47,48)23(51,52)25(55,56)57)9(62)3-6-12(29,30)14(33,34)16(37,38)18(41,42)20(45,46)22(49,50)24(53,54)26(58,59)60/h2-8H2,1H3. The van der Waals surface area contributed by atoms with E-state index in [4.69, 9.17) is 0 Å². The van der Waals surface area contributed by atoms with Crippen LogP contribution < -0.4 is 0 Å². The highest BCUT2D eigenvalue weighted by molar-refractivity contribution is 5.77. The van der Waals surface area contributed by atoms with E-state index in [0.29, 0.717) is 7.11 Å². The van der Waals surface area contributed by atoms with E-state index in [2.05, 4.69) is 4.74 Å². The minimum absolute atomic E-state index is 0.416. The van der Waals surface area contributed by atoms with Gasteiger partial charge in [0.25, 0.3) is 0 Å². The molecule has 4 nitrogen and oxygen atoms in total. The van der Waals surface area contributed by atoms with Gasteiger partial charge in [0.1, 0.15) is 0 Å². The summed E-state index contributed by atoms with van der Waals surface area (Å²) in [4.78, 5) is 23.0. The number of halogens is 34. The number of amides is 1. The van der Waals surface area contributed by atoms with Crippen molar-refractivity contribution in [1.29, 1.82) is 0 Å². The molecule has 64 heavy (non-hydrogen) atoms. The Morgan fingerprint density at radius 2 is 0.594 bits per heavy atom. The number of nitrogens with zero attached hydrogens (tertiary/aromatic N) is 1. The summed E-state index contributed by atoms with van der Waals surface area (Å²) >= 11 is 0. The SMILES string of the molecule is COC(=O)CCN(CCCC(F)(F)C(F)(F)C(F)(F)C(F)(F)C(F)(F)C(F)(F)C(F)(F)C(F)(F)F)C(=O)CCC(F)(F)C(F)(F)C(F)(F)C(F)(F)C(F)(F)C(F)(F)C(F)(F)C(F)(F)F. The molecule has 0 aliphatic carbocycles. The van der Waals surface area contributed by atoms with Gasteiger partial charge in [0, 0.05) is 32.4 Å². The molecule has 0 saturated carbocycles. The summed E-state index contributed by atoms with van der Waals surface area (Å²) in [5, 5.41) is 0. The Balaban J connectivity index is 6.76. The Labute approximate surface area is 329 Å². The highest BCUT2D eigenvalue weighted by Gasteiger charge is 2.96. The van der Waals surface area contributed by atoms with E-state index in [1.165, 1.54) is 0 Å². The summed E-state index contributed by atoms with van der Waals surface area (Å²) in [5.74, 6) is -124. The van der Waals surface area contributed by atoms with Gasteiger partial charge in [0.2, 0.25) is 5.91 Å². The van der Waals surface area contributed by atoms with Crippen molar-refractivity contribution in [3.05, 3.63) is 0 Å². The van der Waals surface area contributed by atoms with Crippen molar-refractivity contribution in [1.82, 2.24) is 4.90 Å². The van der Waals surface area contributed by atoms with Crippen LogP contribution in [0.25, 0.3) is 0 Å². The van der Waals surface area contributed by atoms with Gasteiger partial charge < -0.3 is 9.64 Å². The number of hydrogen-bond acceptors (Lipinski definition) is 3. The molecule has 0 aliphatic rings. The van der Waals surface area contributed by atoms with Crippen LogP contribution in [0.5, 0.6) is 0 Å². The molecule has 38 heteroatoms. The van der Waals surface area contributed by atoms with Crippen LogP contribution in [0.1, 0.15) is 32.1 Å². The number of esters is 1. The van der Waals surface area contributed by atoms with Crippen molar-refractivity contribution in [2.45, 2.75) is 127 Å². The average Bonchev–Trinajstić information content (AvgIpc) is 3.09. The quantitative estimate of drug-likeness (QED) is 0.0802. The molecule has 0 aromatic carbocycles. The Hall–Kier alpha value is -3.44. The maximum atomic E-state index is 14.3. The summed E-state index contributed by atoms with van der Waals surface area (Å²) in [6, 6.07) is 0. The highest BCUT2D eigenvalue weighted by Crippen LogP contribution is 2.66. The molecule has 0 aromatic heterocycles. The molecule has 0 unspecified atom stereocenters. The number of hydrogen-bond donors (Lipinski definition) is 0. The molecule has 0 aliphatic heterocycles. The zero-order valence-corrected chi connectivity index (χ0v) is 29.5. The number of methoxy groups -OCH3 is 1. The summed E-state index contributed by atoms with van der Waals surface area (Å²) in [7, 11) is 0.416. The van der Waals surface area contributed by atoms with Gasteiger partial charge in [-0.2, -0.15) is 149 Å². The van der Waals surface area contributed by atoms with Gasteiger partial charge in [-0.1, -0.05) is 0 Å². The van der Waals surface area contributed by atoms with Gasteiger partial charge in [-0.3, -0.25) is 9.59 Å². The van der Waals surface area contributed by atoms with Crippen molar-refractivity contribution in [2.24, 2.45) is 0 Å². The third kappa shape index (κ3) is 9.03. The van der Waals surface area contributed by atoms with Gasteiger partial charge in [-0.05, 0) is 6.42 Å². The number of rotatable bonds is 22. The molecule has 0 bridgehead atoms. The second-order valence-electron chi connectivity index (χ2n) is 12.6. The first-order valence-electron chi connectivity index (χ1n) is 15.2. The molecule has 0 spiro atoms. The predicted octanol–water partition coefficient (Wildman–Crippen LogP) is 12.0. The maximum absolute atomic E-state index is 14.3. The molecule has 0 rings (SSSR count). The second kappa shape index (κ2) is 17.0. The second-order valence-corrected chi connectivity index (χ2v) is 12.6. The summed E-state index contributed by atoms with van der Waals surface area (Å²) in [6.07, 6.45) is -29.9. The normalized spacial score (nSPS) is 16.0. The van der Waals surface area contributed by atoms with Crippen molar-refractivity contribution in [3.8, 4) is 0 Å². The molecular weight excluding hydrogens is 1020 g/mol. The van der Waals surface area contributed by atoms with Crippen LogP contribution in [0.2, 0.25) is 0 Å². The largest absolute Gasteiger partial charge is 0.469 e. The molecule has 1 amide bonds. The molecule has 0 atom stereocenters. The summed E-state index contributed by atoms with van der Waals surface area (Å²) < 4.78 is 462. The molecule has 0 N–H and O–H groups in total. The van der Waals surface area contributed by atoms with Crippen molar-refractivity contribution in [3.63, 3.8) is 0 Å². The number of carbonyl (C=O) groups is 2. The predicted molar refractivity (Wildman–Crippen MR) is 133 cm³/mol. The van der Waals surface area contributed by atoms with Gasteiger partial charge in [0.15, 0.2) is 0 Å². The van der Waals surface area contributed by atoms with Crippen LogP contribution in [-0.2, 0) is 14.3 Å². The molecule has 0 heterocycles. The lowest BCUT2D eigenvalue weighted by molar-refractivity contribution is -0.461. The van der Waals surface area contributed by atoms with Crippen molar-refractivity contribution < 1.29 is 164 Å². The van der Waals surface area contributed by atoms with E-state index in [1.54, 1.807) is 0 Å². The van der Waals surface area contributed by atoms with E-state index >= 15 is 0 Å². The maximum Gasteiger partial charge on any atom is 0.460 e. The zero-order chi connectivity index (χ0) is 52.4. The number of alkyl halides is 34. The summed E-state index contributed by atoms with van der Waals surface area (Å²) in [5.41, 5.74) is 0. The van der Waals surface area contributed by atoms with Crippen LogP contribution in [-0.4, -0.2) is 132 Å². The van der Waals surface area contributed by atoms with Crippen LogP contribution >= 0.6 is 0 Å². The summed E-state index contributed by atoms with van der Waals surface area (Å²) in [6.45, 7) is -3.86. The smallest absolute Gasteiger partial charge is 0.460 e. The zero-order valence-electron chi connectivity index (χ0n) is 29.5. The minimum atomic E-state index is -9.10. The third-order valence-electron chi connectivity index (χ3n) is 8.31. The first-order chi connectivity index (χ1) is 27.4. The van der Waals surface area contributed by atoms with Gasteiger partial charge in [-0.15, -0.1) is 0 Å². The lowest BCUT2D eigenvalue weighted by Gasteiger charge is -2.43. The van der Waals surface area contributed by atoms with Crippen LogP contribution in [0.3, 0.4) is 0 Å². The molecule has 0 aromatic rings. The fourth-order valence-electron chi connectivity index (χ4n) is 4.31. The Kier molecular flexibility index (Phi) is 16.1.